The molecule has 12 heavy (non-hydrogen) atoms. The minimum absolute atomic E-state index is 0.00685. The molecule has 0 amide bonds. The first-order chi connectivity index (χ1) is 5.65. The summed E-state index contributed by atoms with van der Waals surface area (Å²) in [6, 6.07) is 1.43. The lowest BCUT2D eigenvalue weighted by Crippen LogP contribution is -2.02. The number of allylic oxidation sites excluding steroid dienone is 1. The Labute approximate surface area is 69.5 Å². The Hall–Kier alpha value is -1.65. The van der Waals surface area contributed by atoms with Crippen LogP contribution in [-0.4, -0.2) is 14.7 Å². The van der Waals surface area contributed by atoms with Crippen LogP contribution in [-0.2, 0) is 6.54 Å². The monoisotopic (exact) mass is 167 g/mol. The molecule has 0 N–H and O–H groups in total. The van der Waals surface area contributed by atoms with Gasteiger partial charge in [-0.25, -0.2) is 0 Å². The van der Waals surface area contributed by atoms with Crippen molar-refractivity contribution in [3.8, 4) is 0 Å². The summed E-state index contributed by atoms with van der Waals surface area (Å²) in [6.45, 7) is 5.56. The number of aryl methyl sites for hydroxylation is 1. The minimum atomic E-state index is -0.455. The molecule has 0 unspecified atom stereocenters. The molecule has 0 fully saturated rings. The van der Waals surface area contributed by atoms with Crippen LogP contribution in [0.4, 0.5) is 5.82 Å². The van der Waals surface area contributed by atoms with Gasteiger partial charge in [0, 0.05) is 0 Å². The number of nitro groups is 1. The molecule has 0 radical (unpaired) electrons. The van der Waals surface area contributed by atoms with Crippen LogP contribution >= 0.6 is 0 Å². The van der Waals surface area contributed by atoms with Crippen molar-refractivity contribution in [2.45, 2.75) is 13.5 Å². The third-order valence-electron chi connectivity index (χ3n) is 1.37. The summed E-state index contributed by atoms with van der Waals surface area (Å²) >= 11 is 0. The Kier molecular flexibility index (Phi) is 2.23. The van der Waals surface area contributed by atoms with Crippen LogP contribution in [0.3, 0.4) is 0 Å². The highest BCUT2D eigenvalue weighted by molar-refractivity contribution is 5.22. The van der Waals surface area contributed by atoms with Gasteiger partial charge in [0.1, 0.15) is 6.54 Å². The molecule has 0 saturated heterocycles. The van der Waals surface area contributed by atoms with Gasteiger partial charge in [0.15, 0.2) is 0 Å². The van der Waals surface area contributed by atoms with E-state index in [4.69, 9.17) is 0 Å². The first kappa shape index (κ1) is 8.45. The molecule has 1 heterocycles. The first-order valence-corrected chi connectivity index (χ1v) is 3.45. The van der Waals surface area contributed by atoms with Crippen LogP contribution in [0.5, 0.6) is 0 Å². The fourth-order valence-electron chi connectivity index (χ4n) is 0.935. The summed E-state index contributed by atoms with van der Waals surface area (Å²) in [5.41, 5.74) is 0.642. The van der Waals surface area contributed by atoms with Crippen molar-refractivity contribution in [1.82, 2.24) is 9.78 Å². The predicted octanol–water partition coefficient (Wildman–Crippen LogP) is 1.29. The van der Waals surface area contributed by atoms with Crippen LogP contribution in [0.1, 0.15) is 5.69 Å². The number of nitrogens with zero attached hydrogens (tertiary/aromatic N) is 3. The summed E-state index contributed by atoms with van der Waals surface area (Å²) in [7, 11) is 0. The van der Waals surface area contributed by atoms with Gasteiger partial charge < -0.3 is 10.1 Å². The van der Waals surface area contributed by atoms with E-state index in [1.54, 1.807) is 13.0 Å². The maximum absolute atomic E-state index is 10.4. The lowest BCUT2D eigenvalue weighted by atomic mass is 10.5. The molecular formula is C7H9N3O2. The van der Waals surface area contributed by atoms with Gasteiger partial charge in [0.25, 0.3) is 0 Å². The van der Waals surface area contributed by atoms with Crippen molar-refractivity contribution in [1.29, 1.82) is 0 Å². The standard InChI is InChI=1S/C7H9N3O2/c1-3-4-9-7(10(11)12)5-6(2)8-9/h3,5H,1,4H2,2H3. The maximum atomic E-state index is 10.4. The highest BCUT2D eigenvalue weighted by atomic mass is 16.6. The van der Waals surface area contributed by atoms with Crippen LogP contribution in [0.15, 0.2) is 18.7 Å². The Morgan fingerprint density at radius 3 is 3.08 bits per heavy atom. The molecule has 0 aromatic carbocycles. The zero-order valence-corrected chi connectivity index (χ0v) is 6.73. The molecule has 0 bridgehead atoms. The molecule has 5 nitrogen and oxygen atoms in total. The lowest BCUT2D eigenvalue weighted by Gasteiger charge is -1.93. The van der Waals surface area contributed by atoms with Crippen LogP contribution < -0.4 is 0 Å². The van der Waals surface area contributed by atoms with E-state index in [9.17, 15) is 10.1 Å². The molecule has 1 aromatic rings. The maximum Gasteiger partial charge on any atom is 0.345 e. The smallest absolute Gasteiger partial charge is 0.345 e. The first-order valence-electron chi connectivity index (χ1n) is 3.45. The van der Waals surface area contributed by atoms with Gasteiger partial charge in [-0.1, -0.05) is 11.7 Å². The Morgan fingerprint density at radius 2 is 2.58 bits per heavy atom. The molecule has 0 aliphatic rings. The third-order valence-corrected chi connectivity index (χ3v) is 1.37. The molecule has 0 saturated carbocycles. The molecular weight excluding hydrogens is 158 g/mol. The third kappa shape index (κ3) is 1.50. The average molecular weight is 167 g/mol. The summed E-state index contributed by atoms with van der Waals surface area (Å²) in [4.78, 5) is 9.97. The van der Waals surface area contributed by atoms with Crippen molar-refractivity contribution in [3.63, 3.8) is 0 Å². The molecule has 0 atom stereocenters. The van der Waals surface area contributed by atoms with Gasteiger partial charge in [0.05, 0.1) is 11.8 Å². The SMILES string of the molecule is C=CCn1nc(C)cc1[N+](=O)[O-]. The molecule has 0 aliphatic heterocycles. The highest BCUT2D eigenvalue weighted by Crippen LogP contribution is 2.12. The summed E-state index contributed by atoms with van der Waals surface area (Å²) in [5, 5.41) is 14.3. The minimum Gasteiger partial charge on any atom is -0.358 e. The van der Waals surface area contributed by atoms with Gasteiger partial charge >= 0.3 is 5.82 Å². The van der Waals surface area contributed by atoms with Crippen molar-refractivity contribution in [3.05, 3.63) is 34.5 Å². The molecule has 1 aromatic heterocycles. The van der Waals surface area contributed by atoms with E-state index in [1.165, 1.54) is 10.7 Å². The van der Waals surface area contributed by atoms with Crippen molar-refractivity contribution >= 4 is 5.82 Å². The Morgan fingerprint density at radius 1 is 1.92 bits per heavy atom. The number of rotatable bonds is 3. The topological polar surface area (TPSA) is 61.0 Å². The van der Waals surface area contributed by atoms with Gasteiger partial charge in [-0.2, -0.15) is 0 Å². The predicted molar refractivity (Wildman–Crippen MR) is 43.8 cm³/mol. The average Bonchev–Trinajstić information content (AvgIpc) is 2.32. The van der Waals surface area contributed by atoms with Gasteiger partial charge in [0.2, 0.25) is 0 Å². The molecule has 0 spiro atoms. The Bertz CT molecular complexity index is 316. The van der Waals surface area contributed by atoms with Gasteiger partial charge in [-0.05, 0) is 17.9 Å². The molecule has 1 rings (SSSR count). The quantitative estimate of drug-likeness (QED) is 0.387. The van der Waals surface area contributed by atoms with E-state index in [2.05, 4.69) is 11.7 Å². The second-order valence-electron chi connectivity index (χ2n) is 2.37. The van der Waals surface area contributed by atoms with E-state index in [0.717, 1.165) is 0 Å². The normalized spacial score (nSPS) is 9.75. The van der Waals surface area contributed by atoms with Gasteiger partial charge in [-0.3, -0.25) is 0 Å². The fraction of sp³-hybridized carbons (Fsp3) is 0.286. The number of hydrogen-bond acceptors (Lipinski definition) is 3. The van der Waals surface area contributed by atoms with Crippen LogP contribution in [0.2, 0.25) is 0 Å². The highest BCUT2D eigenvalue weighted by Gasteiger charge is 2.14. The fourth-order valence-corrected chi connectivity index (χ4v) is 0.935. The largest absolute Gasteiger partial charge is 0.358 e. The lowest BCUT2D eigenvalue weighted by molar-refractivity contribution is -0.392. The van der Waals surface area contributed by atoms with Crippen molar-refractivity contribution in [2.24, 2.45) is 0 Å². The van der Waals surface area contributed by atoms with E-state index in [-0.39, 0.29) is 5.82 Å². The van der Waals surface area contributed by atoms with E-state index in [1.807, 2.05) is 0 Å². The van der Waals surface area contributed by atoms with Crippen molar-refractivity contribution < 1.29 is 4.92 Å². The molecule has 0 aliphatic carbocycles. The van der Waals surface area contributed by atoms with E-state index in [0.29, 0.717) is 12.2 Å². The zero-order valence-electron chi connectivity index (χ0n) is 6.73. The number of hydrogen-bond donors (Lipinski definition) is 0. The van der Waals surface area contributed by atoms with Crippen LogP contribution in [0, 0.1) is 17.0 Å². The van der Waals surface area contributed by atoms with Crippen molar-refractivity contribution in [2.75, 3.05) is 0 Å². The Balaban J connectivity index is 3.07. The van der Waals surface area contributed by atoms with E-state index >= 15 is 0 Å². The molecule has 64 valence electrons. The second-order valence-corrected chi connectivity index (χ2v) is 2.37. The zero-order chi connectivity index (χ0) is 9.14. The number of aromatic nitrogens is 2. The second kappa shape index (κ2) is 3.17. The summed E-state index contributed by atoms with van der Waals surface area (Å²) in [6.07, 6.45) is 1.57. The van der Waals surface area contributed by atoms with Gasteiger partial charge in [-0.15, -0.1) is 4.68 Å². The molecule has 5 heteroatoms. The van der Waals surface area contributed by atoms with E-state index < -0.39 is 4.92 Å². The van der Waals surface area contributed by atoms with Crippen LogP contribution in [0.25, 0.3) is 0 Å². The summed E-state index contributed by atoms with van der Waals surface area (Å²) < 4.78 is 1.31. The summed E-state index contributed by atoms with van der Waals surface area (Å²) in [5.74, 6) is 0.00685.